The first-order valence-corrected chi connectivity index (χ1v) is 9.33. The SMILES string of the molecule is CCN1CCCCC1CNC(=O)c1ccc(N2CCOCC2)c(F)c1. The summed E-state index contributed by atoms with van der Waals surface area (Å²) in [5.74, 6) is -0.545. The molecule has 138 valence electrons. The number of benzene rings is 1. The van der Waals surface area contributed by atoms with Crippen LogP contribution in [0.2, 0.25) is 0 Å². The van der Waals surface area contributed by atoms with E-state index in [-0.39, 0.29) is 11.7 Å². The van der Waals surface area contributed by atoms with Gasteiger partial charge in [-0.05, 0) is 44.1 Å². The predicted molar refractivity (Wildman–Crippen MR) is 96.7 cm³/mol. The van der Waals surface area contributed by atoms with E-state index in [2.05, 4.69) is 17.1 Å². The van der Waals surface area contributed by atoms with Crippen molar-refractivity contribution in [1.82, 2.24) is 10.2 Å². The van der Waals surface area contributed by atoms with E-state index >= 15 is 0 Å². The minimum Gasteiger partial charge on any atom is -0.378 e. The topological polar surface area (TPSA) is 44.8 Å². The number of anilines is 1. The summed E-state index contributed by atoms with van der Waals surface area (Å²) in [4.78, 5) is 16.8. The number of carbonyl (C=O) groups excluding carboxylic acids is 1. The van der Waals surface area contributed by atoms with Gasteiger partial charge in [0.05, 0.1) is 18.9 Å². The number of ether oxygens (including phenoxy) is 1. The number of piperidine rings is 1. The average molecular weight is 349 g/mol. The molecule has 1 amide bonds. The van der Waals surface area contributed by atoms with Gasteiger partial charge in [-0.1, -0.05) is 13.3 Å². The van der Waals surface area contributed by atoms with Crippen molar-refractivity contribution >= 4 is 11.6 Å². The molecule has 2 fully saturated rings. The van der Waals surface area contributed by atoms with Gasteiger partial charge in [0.2, 0.25) is 0 Å². The van der Waals surface area contributed by atoms with Gasteiger partial charge in [0.1, 0.15) is 5.82 Å². The number of nitrogens with zero attached hydrogens (tertiary/aromatic N) is 2. The van der Waals surface area contributed by atoms with Crippen LogP contribution in [-0.4, -0.2) is 62.8 Å². The van der Waals surface area contributed by atoms with Crippen molar-refractivity contribution in [2.75, 3.05) is 50.8 Å². The molecule has 0 saturated carbocycles. The number of rotatable bonds is 5. The quantitative estimate of drug-likeness (QED) is 0.886. The first kappa shape index (κ1) is 18.1. The van der Waals surface area contributed by atoms with Crippen molar-refractivity contribution in [3.63, 3.8) is 0 Å². The summed E-state index contributed by atoms with van der Waals surface area (Å²) in [6.45, 7) is 7.45. The maximum atomic E-state index is 14.4. The molecule has 2 heterocycles. The lowest BCUT2D eigenvalue weighted by Gasteiger charge is -2.34. The van der Waals surface area contributed by atoms with Crippen molar-refractivity contribution in [2.45, 2.75) is 32.2 Å². The van der Waals surface area contributed by atoms with Crippen LogP contribution >= 0.6 is 0 Å². The molecule has 1 N–H and O–H groups in total. The van der Waals surface area contributed by atoms with Crippen LogP contribution in [0.25, 0.3) is 0 Å². The average Bonchev–Trinajstić information content (AvgIpc) is 2.67. The zero-order valence-corrected chi connectivity index (χ0v) is 15.0. The van der Waals surface area contributed by atoms with Crippen LogP contribution in [0.15, 0.2) is 18.2 Å². The van der Waals surface area contributed by atoms with Gasteiger partial charge in [0.15, 0.2) is 0 Å². The zero-order valence-electron chi connectivity index (χ0n) is 15.0. The Bertz CT molecular complexity index is 590. The molecule has 0 bridgehead atoms. The van der Waals surface area contributed by atoms with Crippen LogP contribution in [-0.2, 0) is 4.74 Å². The molecule has 0 aromatic heterocycles. The maximum Gasteiger partial charge on any atom is 0.251 e. The molecule has 25 heavy (non-hydrogen) atoms. The Kier molecular flexibility index (Phi) is 6.26. The second-order valence-corrected chi connectivity index (χ2v) is 6.75. The monoisotopic (exact) mass is 349 g/mol. The van der Waals surface area contributed by atoms with Gasteiger partial charge in [0.25, 0.3) is 5.91 Å². The lowest BCUT2D eigenvalue weighted by molar-refractivity contribution is 0.0917. The summed E-state index contributed by atoms with van der Waals surface area (Å²) >= 11 is 0. The van der Waals surface area contributed by atoms with E-state index in [1.165, 1.54) is 18.9 Å². The Hall–Kier alpha value is -1.66. The molecule has 5 nitrogen and oxygen atoms in total. The van der Waals surface area contributed by atoms with Crippen LogP contribution in [0.1, 0.15) is 36.5 Å². The third-order valence-electron chi connectivity index (χ3n) is 5.22. The number of carbonyl (C=O) groups is 1. The van der Waals surface area contributed by atoms with Gasteiger partial charge < -0.3 is 15.0 Å². The van der Waals surface area contributed by atoms with E-state index < -0.39 is 0 Å². The van der Waals surface area contributed by atoms with Gasteiger partial charge in [-0.25, -0.2) is 4.39 Å². The molecule has 2 aliphatic rings. The van der Waals surface area contributed by atoms with Crippen LogP contribution in [0.3, 0.4) is 0 Å². The second-order valence-electron chi connectivity index (χ2n) is 6.75. The molecule has 0 radical (unpaired) electrons. The molecule has 0 spiro atoms. The van der Waals surface area contributed by atoms with E-state index in [1.54, 1.807) is 12.1 Å². The minimum absolute atomic E-state index is 0.200. The van der Waals surface area contributed by atoms with E-state index in [0.717, 1.165) is 19.5 Å². The number of hydrogen-bond donors (Lipinski definition) is 1. The number of likely N-dealkylation sites (N-methyl/N-ethyl adjacent to an activating group) is 1. The first-order chi connectivity index (χ1) is 12.2. The number of amides is 1. The molecule has 1 aromatic carbocycles. The molecular weight excluding hydrogens is 321 g/mol. The Morgan fingerprint density at radius 3 is 2.80 bits per heavy atom. The third kappa shape index (κ3) is 4.50. The Morgan fingerprint density at radius 2 is 2.08 bits per heavy atom. The van der Waals surface area contributed by atoms with E-state index in [4.69, 9.17) is 4.74 Å². The zero-order chi connectivity index (χ0) is 17.6. The molecule has 6 heteroatoms. The molecule has 3 rings (SSSR count). The van der Waals surface area contributed by atoms with Gasteiger partial charge in [-0.15, -0.1) is 0 Å². The standard InChI is InChI=1S/C19H28FN3O2/c1-2-22-8-4-3-5-16(22)14-21-19(24)15-6-7-18(17(20)13-15)23-9-11-25-12-10-23/h6-7,13,16H,2-5,8-12,14H2,1H3,(H,21,24). The fourth-order valence-electron chi connectivity index (χ4n) is 3.73. The molecular formula is C19H28FN3O2. The van der Waals surface area contributed by atoms with Gasteiger partial charge in [-0.2, -0.15) is 0 Å². The molecule has 1 atom stereocenters. The predicted octanol–water partition coefficient (Wildman–Crippen LogP) is 2.27. The molecule has 1 unspecified atom stereocenters. The van der Waals surface area contributed by atoms with Gasteiger partial charge in [-0.3, -0.25) is 9.69 Å². The number of nitrogens with one attached hydrogen (secondary N) is 1. The summed E-state index contributed by atoms with van der Waals surface area (Å²) in [5.41, 5.74) is 0.928. The van der Waals surface area contributed by atoms with Crippen molar-refractivity contribution in [3.05, 3.63) is 29.6 Å². The highest BCUT2D eigenvalue weighted by Gasteiger charge is 2.22. The first-order valence-electron chi connectivity index (χ1n) is 9.33. The number of morpholine rings is 1. The van der Waals surface area contributed by atoms with Crippen LogP contribution in [0.5, 0.6) is 0 Å². The lowest BCUT2D eigenvalue weighted by Crippen LogP contribution is -2.46. The Labute approximate surface area is 149 Å². The van der Waals surface area contributed by atoms with Crippen molar-refractivity contribution in [2.24, 2.45) is 0 Å². The highest BCUT2D eigenvalue weighted by atomic mass is 19.1. The molecule has 2 aliphatic heterocycles. The van der Waals surface area contributed by atoms with Crippen molar-refractivity contribution < 1.29 is 13.9 Å². The third-order valence-corrected chi connectivity index (χ3v) is 5.22. The smallest absolute Gasteiger partial charge is 0.251 e. The number of halogens is 1. The van der Waals surface area contributed by atoms with Crippen LogP contribution < -0.4 is 10.2 Å². The largest absolute Gasteiger partial charge is 0.378 e. The summed E-state index contributed by atoms with van der Waals surface area (Å²) in [7, 11) is 0. The van der Waals surface area contributed by atoms with Crippen molar-refractivity contribution in [1.29, 1.82) is 0 Å². The number of hydrogen-bond acceptors (Lipinski definition) is 4. The highest BCUT2D eigenvalue weighted by Crippen LogP contribution is 2.22. The van der Waals surface area contributed by atoms with Crippen LogP contribution in [0, 0.1) is 5.82 Å². The van der Waals surface area contributed by atoms with Crippen LogP contribution in [0.4, 0.5) is 10.1 Å². The Morgan fingerprint density at radius 1 is 1.28 bits per heavy atom. The summed E-state index contributed by atoms with van der Waals surface area (Å²) < 4.78 is 19.7. The molecule has 2 saturated heterocycles. The highest BCUT2D eigenvalue weighted by molar-refractivity contribution is 5.94. The summed E-state index contributed by atoms with van der Waals surface area (Å²) in [5, 5.41) is 2.98. The molecule has 1 aromatic rings. The fraction of sp³-hybridized carbons (Fsp3) is 0.632. The molecule has 0 aliphatic carbocycles. The normalized spacial score (nSPS) is 22.0. The maximum absolute atomic E-state index is 14.4. The van der Waals surface area contributed by atoms with Gasteiger partial charge >= 0.3 is 0 Å². The van der Waals surface area contributed by atoms with E-state index in [1.807, 2.05) is 4.90 Å². The van der Waals surface area contributed by atoms with E-state index in [0.29, 0.717) is 50.1 Å². The van der Waals surface area contributed by atoms with Gasteiger partial charge in [0, 0.05) is 31.2 Å². The fourth-order valence-corrected chi connectivity index (χ4v) is 3.73. The second kappa shape index (κ2) is 8.63. The Balaban J connectivity index is 1.59. The number of likely N-dealkylation sites (tertiary alicyclic amines) is 1. The lowest BCUT2D eigenvalue weighted by atomic mass is 10.0. The summed E-state index contributed by atoms with van der Waals surface area (Å²) in [6, 6.07) is 5.15. The van der Waals surface area contributed by atoms with E-state index in [9.17, 15) is 9.18 Å². The summed E-state index contributed by atoms with van der Waals surface area (Å²) in [6.07, 6.45) is 3.55. The minimum atomic E-state index is -0.345. The van der Waals surface area contributed by atoms with Crippen molar-refractivity contribution in [3.8, 4) is 0 Å².